The number of unbranched alkanes of at least 4 members (excludes halogenated alkanes) is 32. The largest absolute Gasteiger partial charge is 0.394 e. The van der Waals surface area contributed by atoms with E-state index >= 15 is 0 Å². The zero-order valence-electron chi connectivity index (χ0n) is 32.6. The van der Waals surface area contributed by atoms with E-state index in [4.69, 9.17) is 0 Å². The Morgan fingerprint density at radius 3 is 0.938 bits per heavy atom. The highest BCUT2D eigenvalue weighted by atomic mass is 16.3. The molecule has 0 spiro atoms. The monoisotopic (exact) mass is 682 g/mol. The van der Waals surface area contributed by atoms with E-state index in [1.54, 1.807) is 0 Å². The molecule has 0 aromatic heterocycles. The molecule has 0 saturated carbocycles. The first kappa shape index (κ1) is 47.4. The number of amides is 1. The van der Waals surface area contributed by atoms with Gasteiger partial charge in [-0.2, -0.15) is 0 Å². The average molecular weight is 682 g/mol. The van der Waals surface area contributed by atoms with Gasteiger partial charge in [0.2, 0.25) is 5.91 Å². The number of hydrogen-bond donors (Lipinski definition) is 4. The third-order valence-electron chi connectivity index (χ3n) is 10.5. The summed E-state index contributed by atoms with van der Waals surface area (Å²) < 4.78 is 0. The van der Waals surface area contributed by atoms with Crippen molar-refractivity contribution < 1.29 is 20.1 Å². The van der Waals surface area contributed by atoms with Gasteiger partial charge in [-0.25, -0.2) is 0 Å². The third kappa shape index (κ3) is 33.8. The molecule has 0 saturated heterocycles. The van der Waals surface area contributed by atoms with Gasteiger partial charge in [0.1, 0.15) is 6.10 Å². The van der Waals surface area contributed by atoms with E-state index in [-0.39, 0.29) is 6.61 Å². The van der Waals surface area contributed by atoms with E-state index in [9.17, 15) is 20.1 Å². The predicted octanol–water partition coefficient (Wildman–Crippen LogP) is 12.3. The van der Waals surface area contributed by atoms with Crippen LogP contribution >= 0.6 is 0 Å². The van der Waals surface area contributed by atoms with E-state index < -0.39 is 24.2 Å². The third-order valence-corrected chi connectivity index (χ3v) is 10.5. The number of nitrogens with one attached hydrogen (secondary N) is 1. The Morgan fingerprint density at radius 1 is 0.417 bits per heavy atom. The van der Waals surface area contributed by atoms with Gasteiger partial charge < -0.3 is 20.6 Å². The minimum atomic E-state index is -1.07. The molecule has 1 unspecified atom stereocenters. The van der Waals surface area contributed by atoms with Crippen molar-refractivity contribution in [1.29, 1.82) is 0 Å². The lowest BCUT2D eigenvalue weighted by Gasteiger charge is -2.23. The summed E-state index contributed by atoms with van der Waals surface area (Å²) in [5.74, 6) is -0.466. The fraction of sp³-hybridized carbons (Fsp3) is 0.977. The lowest BCUT2D eigenvalue weighted by atomic mass is 10.0. The summed E-state index contributed by atoms with van der Waals surface area (Å²) in [7, 11) is 0. The molecule has 288 valence electrons. The van der Waals surface area contributed by atoms with Crippen molar-refractivity contribution in [1.82, 2.24) is 5.32 Å². The van der Waals surface area contributed by atoms with Crippen LogP contribution in [0.2, 0.25) is 0 Å². The summed E-state index contributed by atoms with van der Waals surface area (Å²) >= 11 is 0. The molecule has 0 fully saturated rings. The van der Waals surface area contributed by atoms with Crippen LogP contribution < -0.4 is 5.32 Å². The standard InChI is InChI=1S/C43H87NO4/c1-3-5-7-9-11-13-15-17-18-19-20-21-22-23-24-26-28-30-32-34-36-38-42(47)43(48)44-40(39-45)41(46)37-35-33-31-29-27-25-16-14-12-10-8-6-4-2/h40-42,45-47H,3-39H2,1-2H3,(H,44,48)/t40-,41+,42?/m0/s1. The number of carbonyl (C=O) groups excluding carboxylic acids is 1. The highest BCUT2D eigenvalue weighted by Crippen LogP contribution is 2.17. The van der Waals surface area contributed by atoms with Crippen molar-refractivity contribution in [3.05, 3.63) is 0 Å². The molecule has 3 atom stereocenters. The van der Waals surface area contributed by atoms with E-state index in [1.165, 1.54) is 186 Å². The number of rotatable bonds is 40. The minimum absolute atomic E-state index is 0.308. The van der Waals surface area contributed by atoms with E-state index in [0.29, 0.717) is 12.8 Å². The molecule has 0 bridgehead atoms. The fourth-order valence-electron chi connectivity index (χ4n) is 7.02. The van der Waals surface area contributed by atoms with Crippen LogP contribution in [0.3, 0.4) is 0 Å². The summed E-state index contributed by atoms with van der Waals surface area (Å²) in [6.07, 6.45) is 43.9. The highest BCUT2D eigenvalue weighted by molar-refractivity contribution is 5.80. The Balaban J connectivity index is 3.56. The van der Waals surface area contributed by atoms with Crippen LogP contribution in [-0.4, -0.2) is 46.1 Å². The van der Waals surface area contributed by atoms with Gasteiger partial charge in [0.05, 0.1) is 18.8 Å². The smallest absolute Gasteiger partial charge is 0.249 e. The van der Waals surface area contributed by atoms with Crippen LogP contribution in [0, 0.1) is 0 Å². The first-order valence-corrected chi connectivity index (χ1v) is 21.8. The van der Waals surface area contributed by atoms with Gasteiger partial charge in [0.25, 0.3) is 0 Å². The van der Waals surface area contributed by atoms with Crippen molar-refractivity contribution in [3.63, 3.8) is 0 Å². The quantitative estimate of drug-likeness (QED) is 0.0485. The second-order valence-electron chi connectivity index (χ2n) is 15.3. The molecule has 0 rings (SSSR count). The van der Waals surface area contributed by atoms with Crippen LogP contribution in [0.4, 0.5) is 0 Å². The molecular formula is C43H87NO4. The molecule has 0 aliphatic carbocycles. The molecule has 4 N–H and O–H groups in total. The van der Waals surface area contributed by atoms with Crippen LogP contribution in [-0.2, 0) is 4.79 Å². The lowest BCUT2D eigenvalue weighted by Crippen LogP contribution is -2.49. The van der Waals surface area contributed by atoms with Crippen molar-refractivity contribution in [2.45, 2.75) is 263 Å². The molecule has 0 aromatic carbocycles. The number of hydrogen-bond acceptors (Lipinski definition) is 4. The van der Waals surface area contributed by atoms with Gasteiger partial charge in [-0.3, -0.25) is 4.79 Å². The summed E-state index contributed by atoms with van der Waals surface area (Å²) in [6.45, 7) is 4.24. The van der Waals surface area contributed by atoms with Gasteiger partial charge in [-0.05, 0) is 12.8 Å². The first-order valence-electron chi connectivity index (χ1n) is 21.8. The molecule has 0 aliphatic rings. The Kier molecular flexibility index (Phi) is 38.6. The van der Waals surface area contributed by atoms with E-state index in [1.807, 2.05) is 0 Å². The van der Waals surface area contributed by atoms with Gasteiger partial charge in [-0.15, -0.1) is 0 Å². The number of aliphatic hydroxyl groups excluding tert-OH is 3. The van der Waals surface area contributed by atoms with Gasteiger partial charge in [0, 0.05) is 0 Å². The SMILES string of the molecule is CCCCCCCCCCCCCCCCCCCCCCCC(O)C(=O)N[C@@H](CO)[C@H](O)CCCCCCCCCCCCCCC. The lowest BCUT2D eigenvalue weighted by molar-refractivity contribution is -0.131. The Bertz CT molecular complexity index is 630. The summed E-state index contributed by atoms with van der Waals surface area (Å²) in [5, 5.41) is 33.3. The molecule has 5 heteroatoms. The maximum absolute atomic E-state index is 12.5. The number of carbonyl (C=O) groups is 1. The fourth-order valence-corrected chi connectivity index (χ4v) is 7.02. The van der Waals surface area contributed by atoms with E-state index in [2.05, 4.69) is 19.2 Å². The van der Waals surface area contributed by atoms with Crippen LogP contribution in [0.15, 0.2) is 0 Å². The van der Waals surface area contributed by atoms with Crippen LogP contribution in [0.5, 0.6) is 0 Å². The maximum Gasteiger partial charge on any atom is 0.249 e. The normalized spacial score (nSPS) is 13.5. The highest BCUT2D eigenvalue weighted by Gasteiger charge is 2.23. The minimum Gasteiger partial charge on any atom is -0.394 e. The Hall–Kier alpha value is -0.650. The molecule has 0 aliphatic heterocycles. The number of aliphatic hydroxyl groups is 3. The zero-order chi connectivity index (χ0) is 35.2. The molecule has 0 radical (unpaired) electrons. The van der Waals surface area contributed by atoms with Gasteiger partial charge >= 0.3 is 0 Å². The van der Waals surface area contributed by atoms with Gasteiger partial charge in [0.15, 0.2) is 0 Å². The molecule has 1 amide bonds. The molecule has 0 heterocycles. The topological polar surface area (TPSA) is 89.8 Å². The van der Waals surface area contributed by atoms with Crippen LogP contribution in [0.25, 0.3) is 0 Å². The Labute approximate surface area is 300 Å². The molecular weight excluding hydrogens is 594 g/mol. The van der Waals surface area contributed by atoms with Crippen molar-refractivity contribution in [2.75, 3.05) is 6.61 Å². The summed E-state index contributed by atoms with van der Waals surface area (Å²) in [5.41, 5.74) is 0. The molecule has 0 aromatic rings. The predicted molar refractivity (Wildman–Crippen MR) is 209 cm³/mol. The Morgan fingerprint density at radius 2 is 0.667 bits per heavy atom. The van der Waals surface area contributed by atoms with Crippen molar-refractivity contribution >= 4 is 5.91 Å². The summed E-state index contributed by atoms with van der Waals surface area (Å²) in [4.78, 5) is 12.5. The first-order chi connectivity index (χ1) is 23.6. The van der Waals surface area contributed by atoms with E-state index in [0.717, 1.165) is 32.1 Å². The zero-order valence-corrected chi connectivity index (χ0v) is 32.6. The second-order valence-corrected chi connectivity index (χ2v) is 15.3. The van der Waals surface area contributed by atoms with Crippen LogP contribution in [0.1, 0.15) is 245 Å². The maximum atomic E-state index is 12.5. The average Bonchev–Trinajstić information content (AvgIpc) is 3.09. The molecule has 48 heavy (non-hydrogen) atoms. The summed E-state index contributed by atoms with van der Waals surface area (Å²) in [6, 6.07) is -0.704. The van der Waals surface area contributed by atoms with Crippen molar-refractivity contribution in [3.8, 4) is 0 Å². The molecule has 5 nitrogen and oxygen atoms in total. The van der Waals surface area contributed by atoms with Crippen molar-refractivity contribution in [2.24, 2.45) is 0 Å². The second kappa shape index (κ2) is 39.1. The van der Waals surface area contributed by atoms with Gasteiger partial charge in [-0.1, -0.05) is 232 Å².